The molecule has 0 aliphatic carbocycles. The Balaban J connectivity index is 2.46. The summed E-state index contributed by atoms with van der Waals surface area (Å²) in [6, 6.07) is 0.0293. The molecule has 1 atom stereocenters. The summed E-state index contributed by atoms with van der Waals surface area (Å²) in [5.41, 5.74) is 0.439. The van der Waals surface area contributed by atoms with Gasteiger partial charge in [-0.1, -0.05) is 11.3 Å². The summed E-state index contributed by atoms with van der Waals surface area (Å²) in [5.74, 6) is 0. The minimum atomic E-state index is -3.48. The number of nitrogens with one attached hydrogen (secondary N) is 1. The van der Waals surface area contributed by atoms with Crippen molar-refractivity contribution in [2.45, 2.75) is 36.9 Å². The lowest BCUT2D eigenvalue weighted by atomic mass is 10.3. The second-order valence-corrected chi connectivity index (χ2v) is 7.10. The molecular weight excluding hydrogens is 248 g/mol. The lowest BCUT2D eigenvalue weighted by Crippen LogP contribution is -2.33. The first-order valence-corrected chi connectivity index (χ1v) is 7.40. The van der Waals surface area contributed by atoms with Crippen LogP contribution in [-0.4, -0.2) is 30.3 Å². The second kappa shape index (κ2) is 3.97. The summed E-state index contributed by atoms with van der Waals surface area (Å²) in [5, 5.41) is 0. The average Bonchev–Trinajstić information content (AvgIpc) is 2.72. The third kappa shape index (κ3) is 1.83. The van der Waals surface area contributed by atoms with Crippen molar-refractivity contribution in [1.82, 2.24) is 9.29 Å². The third-order valence-corrected chi connectivity index (χ3v) is 6.41. The molecule has 1 unspecified atom stereocenters. The van der Waals surface area contributed by atoms with Crippen LogP contribution in [-0.2, 0) is 10.0 Å². The van der Waals surface area contributed by atoms with Crippen LogP contribution in [0.5, 0.6) is 0 Å². The molecule has 0 bridgehead atoms. The first-order chi connectivity index (χ1) is 7.43. The summed E-state index contributed by atoms with van der Waals surface area (Å²) in [4.78, 5) is 13.3. The van der Waals surface area contributed by atoms with Gasteiger partial charge in [0.15, 0.2) is 4.21 Å². The molecule has 16 heavy (non-hydrogen) atoms. The number of aromatic nitrogens is 1. The van der Waals surface area contributed by atoms with Crippen molar-refractivity contribution in [3.63, 3.8) is 0 Å². The van der Waals surface area contributed by atoms with Crippen molar-refractivity contribution in [3.8, 4) is 0 Å². The maximum absolute atomic E-state index is 12.3. The van der Waals surface area contributed by atoms with Gasteiger partial charge in [0.1, 0.15) is 0 Å². The largest absolute Gasteiger partial charge is 0.315 e. The van der Waals surface area contributed by atoms with Gasteiger partial charge in [-0.3, -0.25) is 4.79 Å². The Hall–Kier alpha value is -0.660. The van der Waals surface area contributed by atoms with Crippen LogP contribution in [0.3, 0.4) is 0 Å². The molecule has 0 saturated carbocycles. The highest BCUT2D eigenvalue weighted by molar-refractivity contribution is 7.91. The number of hydrogen-bond acceptors (Lipinski definition) is 4. The SMILES string of the molecule is Cc1[nH]c(=O)sc1S(=O)(=O)N1CCCC1C. The van der Waals surface area contributed by atoms with E-state index in [9.17, 15) is 13.2 Å². The van der Waals surface area contributed by atoms with Gasteiger partial charge in [-0.15, -0.1) is 0 Å². The third-order valence-electron chi connectivity index (χ3n) is 2.82. The maximum Gasteiger partial charge on any atom is 0.305 e. The summed E-state index contributed by atoms with van der Waals surface area (Å²) < 4.78 is 26.2. The average molecular weight is 262 g/mol. The molecule has 0 aromatic carbocycles. The maximum atomic E-state index is 12.3. The molecule has 1 saturated heterocycles. The Morgan fingerprint density at radius 3 is 2.62 bits per heavy atom. The van der Waals surface area contributed by atoms with Gasteiger partial charge in [-0.2, -0.15) is 4.31 Å². The van der Waals surface area contributed by atoms with Crippen molar-refractivity contribution in [2.24, 2.45) is 0 Å². The van der Waals surface area contributed by atoms with Crippen LogP contribution in [0.15, 0.2) is 9.00 Å². The van der Waals surface area contributed by atoms with E-state index < -0.39 is 10.0 Å². The molecule has 0 radical (unpaired) electrons. The molecule has 2 heterocycles. The molecule has 1 aromatic heterocycles. The second-order valence-electron chi connectivity index (χ2n) is 4.03. The summed E-state index contributed by atoms with van der Waals surface area (Å²) in [6.07, 6.45) is 1.77. The van der Waals surface area contributed by atoms with Gasteiger partial charge >= 0.3 is 4.87 Å². The molecule has 2 rings (SSSR count). The molecule has 0 amide bonds. The van der Waals surface area contributed by atoms with E-state index in [1.807, 2.05) is 6.92 Å². The van der Waals surface area contributed by atoms with Crippen molar-refractivity contribution in [1.29, 1.82) is 0 Å². The Morgan fingerprint density at radius 1 is 1.50 bits per heavy atom. The zero-order valence-electron chi connectivity index (χ0n) is 9.19. The fourth-order valence-corrected chi connectivity index (χ4v) is 5.12. The fourth-order valence-electron chi connectivity index (χ4n) is 2.01. The van der Waals surface area contributed by atoms with Crippen LogP contribution in [0.4, 0.5) is 0 Å². The highest BCUT2D eigenvalue weighted by atomic mass is 32.2. The molecular formula is C9H14N2O3S2. The zero-order valence-corrected chi connectivity index (χ0v) is 10.8. The van der Waals surface area contributed by atoms with E-state index in [2.05, 4.69) is 4.98 Å². The predicted octanol–water partition coefficient (Wildman–Crippen LogP) is 0.918. The van der Waals surface area contributed by atoms with E-state index in [-0.39, 0.29) is 15.1 Å². The fraction of sp³-hybridized carbons (Fsp3) is 0.667. The number of nitrogens with zero attached hydrogens (tertiary/aromatic N) is 1. The topological polar surface area (TPSA) is 70.2 Å². The molecule has 90 valence electrons. The van der Waals surface area contributed by atoms with Crippen LogP contribution in [0, 0.1) is 6.92 Å². The number of thiazole rings is 1. The Morgan fingerprint density at radius 2 is 2.19 bits per heavy atom. The predicted molar refractivity (Wildman–Crippen MR) is 62.3 cm³/mol. The number of rotatable bonds is 2. The summed E-state index contributed by atoms with van der Waals surface area (Å²) in [7, 11) is -3.48. The molecule has 5 nitrogen and oxygen atoms in total. The van der Waals surface area contributed by atoms with E-state index in [0.717, 1.165) is 24.2 Å². The quantitative estimate of drug-likeness (QED) is 0.861. The zero-order chi connectivity index (χ0) is 11.9. The van der Waals surface area contributed by atoms with Crippen molar-refractivity contribution in [2.75, 3.05) is 6.54 Å². The molecule has 1 N–H and O–H groups in total. The van der Waals surface area contributed by atoms with Crippen LogP contribution in [0.25, 0.3) is 0 Å². The van der Waals surface area contributed by atoms with Gasteiger partial charge in [0.2, 0.25) is 0 Å². The summed E-state index contributed by atoms with van der Waals surface area (Å²) in [6.45, 7) is 4.07. The minimum absolute atomic E-state index is 0.0293. The lowest BCUT2D eigenvalue weighted by Gasteiger charge is -2.19. The van der Waals surface area contributed by atoms with Gasteiger partial charge < -0.3 is 4.98 Å². The first kappa shape index (κ1) is 11.8. The van der Waals surface area contributed by atoms with Gasteiger partial charge in [0, 0.05) is 18.3 Å². The Labute approximate surface area is 98.2 Å². The molecule has 7 heteroatoms. The molecule has 1 aromatic rings. The van der Waals surface area contributed by atoms with Crippen molar-refractivity contribution < 1.29 is 8.42 Å². The lowest BCUT2D eigenvalue weighted by molar-refractivity contribution is 0.409. The number of aryl methyl sites for hydroxylation is 1. The smallest absolute Gasteiger partial charge is 0.305 e. The standard InChI is InChI=1S/C9H14N2O3S2/c1-6-4-3-5-11(6)16(13,14)8-7(2)10-9(12)15-8/h6H,3-5H2,1-2H3,(H,10,12). The van der Waals surface area contributed by atoms with E-state index in [0.29, 0.717) is 12.2 Å². The number of sulfonamides is 1. The Bertz CT molecular complexity index is 543. The van der Waals surface area contributed by atoms with Crippen LogP contribution >= 0.6 is 11.3 Å². The minimum Gasteiger partial charge on any atom is -0.315 e. The number of H-pyrrole nitrogens is 1. The van der Waals surface area contributed by atoms with Crippen LogP contribution in [0.1, 0.15) is 25.5 Å². The van der Waals surface area contributed by atoms with E-state index in [1.54, 1.807) is 6.92 Å². The van der Waals surface area contributed by atoms with Crippen molar-refractivity contribution >= 4 is 21.4 Å². The summed E-state index contributed by atoms with van der Waals surface area (Å²) >= 11 is 0.769. The molecule has 1 aliphatic rings. The van der Waals surface area contributed by atoms with E-state index in [1.165, 1.54) is 4.31 Å². The molecule has 0 spiro atoms. The van der Waals surface area contributed by atoms with E-state index >= 15 is 0 Å². The monoisotopic (exact) mass is 262 g/mol. The number of aromatic amines is 1. The van der Waals surface area contributed by atoms with E-state index in [4.69, 9.17) is 0 Å². The Kier molecular flexibility index (Phi) is 2.93. The van der Waals surface area contributed by atoms with Gasteiger partial charge in [0.05, 0.1) is 0 Å². The van der Waals surface area contributed by atoms with Gasteiger partial charge in [0.25, 0.3) is 10.0 Å². The van der Waals surface area contributed by atoms with Crippen LogP contribution in [0.2, 0.25) is 0 Å². The first-order valence-electron chi connectivity index (χ1n) is 5.14. The van der Waals surface area contributed by atoms with Crippen LogP contribution < -0.4 is 4.87 Å². The number of hydrogen-bond donors (Lipinski definition) is 1. The van der Waals surface area contributed by atoms with Gasteiger partial charge in [-0.25, -0.2) is 8.42 Å². The van der Waals surface area contributed by atoms with Gasteiger partial charge in [-0.05, 0) is 26.7 Å². The highest BCUT2D eigenvalue weighted by Gasteiger charge is 2.34. The highest BCUT2D eigenvalue weighted by Crippen LogP contribution is 2.28. The normalized spacial score (nSPS) is 22.8. The van der Waals surface area contributed by atoms with Crippen molar-refractivity contribution in [3.05, 3.63) is 15.4 Å². The molecule has 1 fully saturated rings. The molecule has 1 aliphatic heterocycles.